The molecule has 0 saturated heterocycles. The Morgan fingerprint density at radius 1 is 1.08 bits per heavy atom. The average Bonchev–Trinajstić information content (AvgIpc) is 3.42. The molecule has 2 aromatic carbocycles. The topological polar surface area (TPSA) is 35.5 Å². The van der Waals surface area contributed by atoms with Crippen molar-refractivity contribution in [3.8, 4) is 5.75 Å². The van der Waals surface area contributed by atoms with Gasteiger partial charge in [-0.05, 0) is 79.0 Å². The van der Waals surface area contributed by atoms with E-state index in [2.05, 4.69) is 39.0 Å². The summed E-state index contributed by atoms with van der Waals surface area (Å²) in [5.74, 6) is 1.31. The molecular formula is C22H26O3. The standard InChI is InChI=1S/C22H26O3/c1-14-10-16(3)21(11-15(14)2)25-13-20-18(12-22(23)24-4)6-5-7-19(20)17-8-9-17/h5-7,10-11,17H,8-9,12-13H2,1-4H3. The second kappa shape index (κ2) is 7.30. The zero-order valence-corrected chi connectivity index (χ0v) is 15.5. The van der Waals surface area contributed by atoms with E-state index in [0.717, 1.165) is 22.4 Å². The van der Waals surface area contributed by atoms with E-state index in [4.69, 9.17) is 9.47 Å². The predicted octanol–water partition coefficient (Wildman–Crippen LogP) is 4.78. The summed E-state index contributed by atoms with van der Waals surface area (Å²) in [5.41, 5.74) is 7.12. The van der Waals surface area contributed by atoms with Gasteiger partial charge in [0.15, 0.2) is 0 Å². The highest BCUT2D eigenvalue weighted by Gasteiger charge is 2.27. The molecule has 1 saturated carbocycles. The normalized spacial score (nSPS) is 13.6. The Balaban J connectivity index is 1.88. The molecule has 1 aliphatic carbocycles. The number of methoxy groups -OCH3 is 1. The van der Waals surface area contributed by atoms with Gasteiger partial charge >= 0.3 is 5.97 Å². The lowest BCUT2D eigenvalue weighted by Gasteiger charge is -2.17. The Labute approximate surface area is 150 Å². The lowest BCUT2D eigenvalue weighted by atomic mass is 9.96. The van der Waals surface area contributed by atoms with E-state index >= 15 is 0 Å². The Morgan fingerprint density at radius 2 is 1.80 bits per heavy atom. The van der Waals surface area contributed by atoms with Crippen LogP contribution in [-0.4, -0.2) is 13.1 Å². The molecule has 25 heavy (non-hydrogen) atoms. The van der Waals surface area contributed by atoms with E-state index < -0.39 is 0 Å². The molecule has 2 aromatic rings. The largest absolute Gasteiger partial charge is 0.489 e. The van der Waals surface area contributed by atoms with Gasteiger partial charge in [-0.15, -0.1) is 0 Å². The quantitative estimate of drug-likeness (QED) is 0.711. The summed E-state index contributed by atoms with van der Waals surface area (Å²) < 4.78 is 11.0. The minimum atomic E-state index is -0.212. The van der Waals surface area contributed by atoms with Gasteiger partial charge in [0.05, 0.1) is 13.5 Å². The monoisotopic (exact) mass is 338 g/mol. The van der Waals surface area contributed by atoms with Crippen molar-refractivity contribution in [1.29, 1.82) is 0 Å². The Bertz CT molecular complexity index is 788. The molecule has 0 N–H and O–H groups in total. The van der Waals surface area contributed by atoms with E-state index in [-0.39, 0.29) is 5.97 Å². The van der Waals surface area contributed by atoms with Crippen molar-refractivity contribution in [2.75, 3.05) is 7.11 Å². The predicted molar refractivity (Wildman–Crippen MR) is 99.1 cm³/mol. The van der Waals surface area contributed by atoms with Crippen molar-refractivity contribution >= 4 is 5.97 Å². The number of hydrogen-bond donors (Lipinski definition) is 0. The third kappa shape index (κ3) is 4.04. The zero-order chi connectivity index (χ0) is 18.0. The van der Waals surface area contributed by atoms with Gasteiger partial charge in [-0.25, -0.2) is 0 Å². The minimum Gasteiger partial charge on any atom is -0.489 e. The van der Waals surface area contributed by atoms with Gasteiger partial charge in [-0.3, -0.25) is 4.79 Å². The van der Waals surface area contributed by atoms with E-state index in [1.807, 2.05) is 12.1 Å². The van der Waals surface area contributed by atoms with E-state index in [9.17, 15) is 4.79 Å². The van der Waals surface area contributed by atoms with Crippen LogP contribution in [0.5, 0.6) is 5.75 Å². The van der Waals surface area contributed by atoms with Crippen LogP contribution in [-0.2, 0) is 22.6 Å². The fourth-order valence-corrected chi connectivity index (χ4v) is 3.24. The molecule has 3 rings (SSSR count). The number of aryl methyl sites for hydroxylation is 3. The van der Waals surface area contributed by atoms with Crippen LogP contribution in [0.15, 0.2) is 30.3 Å². The van der Waals surface area contributed by atoms with Gasteiger partial charge in [0.1, 0.15) is 12.4 Å². The summed E-state index contributed by atoms with van der Waals surface area (Å²) in [5, 5.41) is 0. The second-order valence-electron chi connectivity index (χ2n) is 7.00. The first-order chi connectivity index (χ1) is 12.0. The second-order valence-corrected chi connectivity index (χ2v) is 7.00. The summed E-state index contributed by atoms with van der Waals surface area (Å²) in [6.07, 6.45) is 2.73. The molecule has 3 nitrogen and oxygen atoms in total. The highest BCUT2D eigenvalue weighted by atomic mass is 16.5. The Hall–Kier alpha value is -2.29. The summed E-state index contributed by atoms with van der Waals surface area (Å²) in [4.78, 5) is 11.8. The summed E-state index contributed by atoms with van der Waals surface area (Å²) in [6.45, 7) is 6.78. The van der Waals surface area contributed by atoms with Crippen LogP contribution >= 0.6 is 0 Å². The molecule has 0 radical (unpaired) electrons. The van der Waals surface area contributed by atoms with Gasteiger partial charge in [-0.1, -0.05) is 24.3 Å². The third-order valence-corrected chi connectivity index (χ3v) is 5.05. The smallest absolute Gasteiger partial charge is 0.309 e. The highest BCUT2D eigenvalue weighted by molar-refractivity contribution is 5.73. The SMILES string of the molecule is COC(=O)Cc1cccc(C2CC2)c1COc1cc(C)c(C)cc1C. The first-order valence-electron chi connectivity index (χ1n) is 8.87. The van der Waals surface area contributed by atoms with Gasteiger partial charge in [0.2, 0.25) is 0 Å². The summed E-state index contributed by atoms with van der Waals surface area (Å²) in [6, 6.07) is 10.5. The molecule has 3 heteroatoms. The molecule has 132 valence electrons. The van der Waals surface area contributed by atoms with Crippen LogP contribution in [0.3, 0.4) is 0 Å². The van der Waals surface area contributed by atoms with Gasteiger partial charge in [-0.2, -0.15) is 0 Å². The lowest BCUT2D eigenvalue weighted by molar-refractivity contribution is -0.139. The van der Waals surface area contributed by atoms with Crippen molar-refractivity contribution in [2.45, 2.75) is 52.6 Å². The zero-order valence-electron chi connectivity index (χ0n) is 15.5. The van der Waals surface area contributed by atoms with Crippen molar-refractivity contribution in [1.82, 2.24) is 0 Å². The number of hydrogen-bond acceptors (Lipinski definition) is 3. The van der Waals surface area contributed by atoms with Crippen LogP contribution in [0.25, 0.3) is 0 Å². The fraction of sp³-hybridized carbons (Fsp3) is 0.409. The molecule has 0 spiro atoms. The van der Waals surface area contributed by atoms with Crippen molar-refractivity contribution < 1.29 is 14.3 Å². The first kappa shape index (κ1) is 17.5. The number of carbonyl (C=O) groups is 1. The van der Waals surface area contributed by atoms with Crippen LogP contribution < -0.4 is 4.74 Å². The molecule has 0 atom stereocenters. The van der Waals surface area contributed by atoms with Crippen molar-refractivity contribution in [3.63, 3.8) is 0 Å². The molecule has 0 aliphatic heterocycles. The molecule has 0 unspecified atom stereocenters. The number of ether oxygens (including phenoxy) is 2. The van der Waals surface area contributed by atoms with E-state index in [0.29, 0.717) is 18.9 Å². The molecule has 1 fully saturated rings. The average molecular weight is 338 g/mol. The molecule has 0 aromatic heterocycles. The maximum Gasteiger partial charge on any atom is 0.309 e. The number of benzene rings is 2. The summed E-state index contributed by atoms with van der Waals surface area (Å²) in [7, 11) is 1.43. The summed E-state index contributed by atoms with van der Waals surface area (Å²) >= 11 is 0. The Kier molecular flexibility index (Phi) is 5.12. The van der Waals surface area contributed by atoms with Crippen molar-refractivity contribution in [2.24, 2.45) is 0 Å². The molecular weight excluding hydrogens is 312 g/mol. The number of esters is 1. The fourth-order valence-electron chi connectivity index (χ4n) is 3.24. The molecule has 0 amide bonds. The van der Waals surface area contributed by atoms with Gasteiger partial charge in [0.25, 0.3) is 0 Å². The molecule has 0 bridgehead atoms. The first-order valence-corrected chi connectivity index (χ1v) is 8.87. The number of rotatable bonds is 6. The minimum absolute atomic E-state index is 0.212. The van der Waals surface area contributed by atoms with Crippen LogP contribution in [0.4, 0.5) is 0 Å². The van der Waals surface area contributed by atoms with E-state index in [1.54, 1.807) is 0 Å². The van der Waals surface area contributed by atoms with Crippen LogP contribution in [0, 0.1) is 20.8 Å². The van der Waals surface area contributed by atoms with Crippen molar-refractivity contribution in [3.05, 3.63) is 63.7 Å². The maximum atomic E-state index is 11.8. The molecule has 1 aliphatic rings. The van der Waals surface area contributed by atoms with Crippen LogP contribution in [0.2, 0.25) is 0 Å². The van der Waals surface area contributed by atoms with Gasteiger partial charge < -0.3 is 9.47 Å². The van der Waals surface area contributed by atoms with E-state index in [1.165, 1.54) is 36.6 Å². The maximum absolute atomic E-state index is 11.8. The highest BCUT2D eigenvalue weighted by Crippen LogP contribution is 2.42. The third-order valence-electron chi connectivity index (χ3n) is 5.05. The lowest BCUT2D eigenvalue weighted by Crippen LogP contribution is -2.10. The van der Waals surface area contributed by atoms with Crippen LogP contribution in [0.1, 0.15) is 52.1 Å². The molecule has 0 heterocycles. The Morgan fingerprint density at radius 3 is 2.48 bits per heavy atom. The number of carbonyl (C=O) groups excluding carboxylic acids is 1. The van der Waals surface area contributed by atoms with Gasteiger partial charge in [0, 0.05) is 0 Å².